The molecule has 1 heterocycles. The zero-order valence-electron chi connectivity index (χ0n) is 10.8. The van der Waals surface area contributed by atoms with Crippen molar-refractivity contribution in [1.29, 1.82) is 0 Å². The molecule has 3 heteroatoms. The van der Waals surface area contributed by atoms with Crippen LogP contribution in [0.2, 0.25) is 0 Å². The van der Waals surface area contributed by atoms with Crippen molar-refractivity contribution in [3.05, 3.63) is 66.5 Å². The van der Waals surface area contributed by atoms with Gasteiger partial charge in [0.25, 0.3) is 0 Å². The Labute approximate surface area is 112 Å². The van der Waals surface area contributed by atoms with E-state index in [1.54, 1.807) is 7.11 Å². The van der Waals surface area contributed by atoms with E-state index >= 15 is 0 Å². The van der Waals surface area contributed by atoms with Crippen LogP contribution < -0.4 is 10.2 Å². The Hall–Kier alpha value is -2.42. The van der Waals surface area contributed by atoms with Crippen molar-refractivity contribution in [3.63, 3.8) is 0 Å². The number of fused-ring (bicyclic) bond motifs is 1. The van der Waals surface area contributed by atoms with E-state index in [4.69, 9.17) is 4.74 Å². The molecule has 3 rings (SSSR count). The van der Waals surface area contributed by atoms with E-state index in [0.29, 0.717) is 0 Å². The van der Waals surface area contributed by atoms with Crippen LogP contribution in [0.5, 0.6) is 5.75 Å². The van der Waals surface area contributed by atoms with Crippen molar-refractivity contribution in [2.75, 3.05) is 12.5 Å². The molecule has 96 valence electrons. The highest BCUT2D eigenvalue weighted by Gasteiger charge is 2.05. The van der Waals surface area contributed by atoms with E-state index in [-0.39, 0.29) is 0 Å². The van der Waals surface area contributed by atoms with Crippen LogP contribution in [-0.4, -0.2) is 11.8 Å². The highest BCUT2D eigenvalue weighted by atomic mass is 16.5. The molecule has 1 N–H and O–H groups in total. The second-order valence-corrected chi connectivity index (χ2v) is 4.40. The Morgan fingerprint density at radius 1 is 0.947 bits per heavy atom. The van der Waals surface area contributed by atoms with Crippen LogP contribution in [-0.2, 0) is 6.54 Å². The third-order valence-electron chi connectivity index (χ3n) is 3.25. The highest BCUT2D eigenvalue weighted by molar-refractivity contribution is 5.91. The van der Waals surface area contributed by atoms with Gasteiger partial charge in [0.05, 0.1) is 13.7 Å². The standard InChI is InChI=1S/C16H16N2O/c1-19-16-9-8-13(12-17-18-10-4-5-11-18)14-6-2-3-7-15(14)16/h2-11,17H,12H2,1H3. The fourth-order valence-electron chi connectivity index (χ4n) is 2.28. The van der Waals surface area contributed by atoms with E-state index in [1.807, 2.05) is 41.3 Å². The van der Waals surface area contributed by atoms with Gasteiger partial charge < -0.3 is 10.2 Å². The first-order chi connectivity index (χ1) is 9.38. The lowest BCUT2D eigenvalue weighted by Gasteiger charge is -2.12. The average Bonchev–Trinajstić information content (AvgIpc) is 2.98. The first-order valence-electron chi connectivity index (χ1n) is 6.30. The maximum absolute atomic E-state index is 5.41. The number of hydrogen-bond acceptors (Lipinski definition) is 2. The molecule has 0 saturated carbocycles. The quantitative estimate of drug-likeness (QED) is 0.770. The summed E-state index contributed by atoms with van der Waals surface area (Å²) in [6.45, 7) is 0.777. The topological polar surface area (TPSA) is 26.2 Å². The molecule has 0 radical (unpaired) electrons. The summed E-state index contributed by atoms with van der Waals surface area (Å²) in [5, 5.41) is 2.37. The van der Waals surface area contributed by atoms with Gasteiger partial charge in [-0.05, 0) is 29.1 Å². The van der Waals surface area contributed by atoms with E-state index in [1.165, 1.54) is 10.9 Å². The predicted octanol–water partition coefficient (Wildman–Crippen LogP) is 3.39. The maximum atomic E-state index is 5.41. The minimum atomic E-state index is 0.777. The summed E-state index contributed by atoms with van der Waals surface area (Å²) in [6.07, 6.45) is 3.98. The summed E-state index contributed by atoms with van der Waals surface area (Å²) in [5.74, 6) is 0.917. The minimum absolute atomic E-state index is 0.777. The average molecular weight is 252 g/mol. The van der Waals surface area contributed by atoms with E-state index in [2.05, 4.69) is 29.7 Å². The number of aromatic nitrogens is 1. The van der Waals surface area contributed by atoms with Gasteiger partial charge in [0.1, 0.15) is 5.75 Å². The lowest BCUT2D eigenvalue weighted by Crippen LogP contribution is -2.12. The monoisotopic (exact) mass is 252 g/mol. The summed E-state index contributed by atoms with van der Waals surface area (Å²) in [5.41, 5.74) is 4.60. The van der Waals surface area contributed by atoms with Gasteiger partial charge in [-0.3, -0.25) is 4.68 Å². The van der Waals surface area contributed by atoms with Crippen LogP contribution in [0.4, 0.5) is 0 Å². The van der Waals surface area contributed by atoms with Gasteiger partial charge in [-0.15, -0.1) is 0 Å². The van der Waals surface area contributed by atoms with Crippen LogP contribution in [0.25, 0.3) is 10.8 Å². The molecule has 3 nitrogen and oxygen atoms in total. The molecule has 0 aliphatic heterocycles. The molecule has 0 atom stereocenters. The molecule has 0 aliphatic rings. The summed E-state index contributed by atoms with van der Waals surface area (Å²) < 4.78 is 7.36. The number of benzene rings is 2. The van der Waals surface area contributed by atoms with E-state index in [0.717, 1.165) is 17.7 Å². The molecular formula is C16H16N2O. The number of hydrogen-bond donors (Lipinski definition) is 1. The lowest BCUT2D eigenvalue weighted by molar-refractivity contribution is 0.419. The molecule has 0 bridgehead atoms. The van der Waals surface area contributed by atoms with Gasteiger partial charge in [0, 0.05) is 17.8 Å². The Kier molecular flexibility index (Phi) is 3.11. The second-order valence-electron chi connectivity index (χ2n) is 4.40. The van der Waals surface area contributed by atoms with Gasteiger partial charge in [-0.25, -0.2) is 0 Å². The molecular weight excluding hydrogens is 236 g/mol. The minimum Gasteiger partial charge on any atom is -0.496 e. The van der Waals surface area contributed by atoms with Crippen molar-refractivity contribution in [3.8, 4) is 5.75 Å². The highest BCUT2D eigenvalue weighted by Crippen LogP contribution is 2.28. The van der Waals surface area contributed by atoms with Crippen LogP contribution in [0.15, 0.2) is 60.9 Å². The largest absolute Gasteiger partial charge is 0.496 e. The molecule has 0 fully saturated rings. The van der Waals surface area contributed by atoms with Gasteiger partial charge in [0.2, 0.25) is 0 Å². The summed E-state index contributed by atoms with van der Waals surface area (Å²) in [7, 11) is 1.71. The summed E-state index contributed by atoms with van der Waals surface area (Å²) in [4.78, 5) is 0. The zero-order valence-corrected chi connectivity index (χ0v) is 10.8. The van der Waals surface area contributed by atoms with Crippen LogP contribution >= 0.6 is 0 Å². The van der Waals surface area contributed by atoms with E-state index in [9.17, 15) is 0 Å². The molecule has 2 aromatic carbocycles. The van der Waals surface area contributed by atoms with Crippen molar-refractivity contribution in [2.45, 2.75) is 6.54 Å². The van der Waals surface area contributed by atoms with Crippen molar-refractivity contribution >= 4 is 10.8 Å². The molecule has 0 saturated heterocycles. The third kappa shape index (κ3) is 2.27. The number of methoxy groups -OCH3 is 1. The summed E-state index contributed by atoms with van der Waals surface area (Å²) in [6, 6.07) is 16.4. The second kappa shape index (κ2) is 5.06. The number of nitrogens with one attached hydrogen (secondary N) is 1. The van der Waals surface area contributed by atoms with Crippen molar-refractivity contribution in [2.24, 2.45) is 0 Å². The molecule has 3 aromatic rings. The van der Waals surface area contributed by atoms with Crippen LogP contribution in [0.3, 0.4) is 0 Å². The van der Waals surface area contributed by atoms with Crippen molar-refractivity contribution < 1.29 is 4.74 Å². The van der Waals surface area contributed by atoms with Gasteiger partial charge >= 0.3 is 0 Å². The third-order valence-corrected chi connectivity index (χ3v) is 3.25. The smallest absolute Gasteiger partial charge is 0.126 e. The van der Waals surface area contributed by atoms with Gasteiger partial charge in [-0.2, -0.15) is 0 Å². The fourth-order valence-corrected chi connectivity index (χ4v) is 2.28. The molecule has 0 amide bonds. The Bertz CT molecular complexity index is 674. The first-order valence-corrected chi connectivity index (χ1v) is 6.30. The van der Waals surface area contributed by atoms with Gasteiger partial charge in [0.15, 0.2) is 0 Å². The van der Waals surface area contributed by atoms with E-state index < -0.39 is 0 Å². The molecule has 1 aromatic heterocycles. The SMILES string of the molecule is COc1ccc(CNn2cccc2)c2ccccc12. The predicted molar refractivity (Wildman–Crippen MR) is 78.0 cm³/mol. The van der Waals surface area contributed by atoms with Gasteiger partial charge in [-0.1, -0.05) is 30.3 Å². The maximum Gasteiger partial charge on any atom is 0.126 e. The lowest BCUT2D eigenvalue weighted by atomic mass is 10.0. The Morgan fingerprint density at radius 3 is 2.42 bits per heavy atom. The van der Waals surface area contributed by atoms with Crippen LogP contribution in [0, 0.1) is 0 Å². The summed E-state index contributed by atoms with van der Waals surface area (Å²) >= 11 is 0. The first kappa shape index (κ1) is 11.7. The van der Waals surface area contributed by atoms with Crippen LogP contribution in [0.1, 0.15) is 5.56 Å². The number of ether oxygens (including phenoxy) is 1. The Morgan fingerprint density at radius 2 is 1.68 bits per heavy atom. The number of rotatable bonds is 4. The zero-order chi connectivity index (χ0) is 13.1. The number of nitrogens with zero attached hydrogens (tertiary/aromatic N) is 1. The Balaban J connectivity index is 1.95. The molecule has 19 heavy (non-hydrogen) atoms. The molecule has 0 aliphatic carbocycles. The normalized spacial score (nSPS) is 10.6. The molecule has 0 unspecified atom stereocenters. The van der Waals surface area contributed by atoms with Crippen molar-refractivity contribution in [1.82, 2.24) is 4.68 Å². The fraction of sp³-hybridized carbons (Fsp3) is 0.125. The molecule has 0 spiro atoms.